The van der Waals surface area contributed by atoms with E-state index in [0.29, 0.717) is 24.8 Å². The number of hydrogen-bond acceptors (Lipinski definition) is 5. The Kier molecular flexibility index (Phi) is 7.26. The SMILES string of the molecule is CCCS(=O)(=O)CC[C@@H]1CCC[C@@]2(S(=O)(=O)c3ccc(CF)cc3)c3c(F)ccc(F)c3OC[C@@H]12. The molecule has 0 bridgehead atoms. The Hall–Kier alpha value is -2.07. The van der Waals surface area contributed by atoms with Gasteiger partial charge in [0, 0.05) is 11.7 Å². The molecule has 0 radical (unpaired) electrons. The van der Waals surface area contributed by atoms with E-state index in [1.54, 1.807) is 6.92 Å². The van der Waals surface area contributed by atoms with Gasteiger partial charge in [-0.25, -0.2) is 30.0 Å². The van der Waals surface area contributed by atoms with Crippen molar-refractivity contribution < 1.29 is 34.7 Å². The van der Waals surface area contributed by atoms with Crippen molar-refractivity contribution in [2.75, 3.05) is 18.1 Å². The first-order valence-electron chi connectivity index (χ1n) is 11.8. The summed E-state index contributed by atoms with van der Waals surface area (Å²) in [6.45, 7) is 0.833. The Labute approximate surface area is 204 Å². The van der Waals surface area contributed by atoms with Crippen LogP contribution in [-0.4, -0.2) is 34.9 Å². The van der Waals surface area contributed by atoms with Crippen molar-refractivity contribution in [3.8, 4) is 5.75 Å². The monoisotopic (exact) mass is 530 g/mol. The zero-order chi connectivity index (χ0) is 25.4. The van der Waals surface area contributed by atoms with E-state index in [4.69, 9.17) is 4.74 Å². The lowest BCUT2D eigenvalue weighted by Crippen LogP contribution is -2.54. The third-order valence-electron chi connectivity index (χ3n) is 7.36. The lowest BCUT2D eigenvalue weighted by atomic mass is 9.66. The van der Waals surface area contributed by atoms with Crippen LogP contribution < -0.4 is 4.74 Å². The largest absolute Gasteiger partial charge is 0.490 e. The zero-order valence-corrected chi connectivity index (χ0v) is 21.1. The second-order valence-corrected chi connectivity index (χ2v) is 13.9. The fourth-order valence-corrected chi connectivity index (χ4v) is 9.68. The van der Waals surface area contributed by atoms with Gasteiger partial charge in [-0.2, -0.15) is 0 Å². The fraction of sp³-hybridized carbons (Fsp3) is 0.520. The quantitative estimate of drug-likeness (QED) is 0.473. The van der Waals surface area contributed by atoms with Crippen LogP contribution in [0.2, 0.25) is 0 Å². The van der Waals surface area contributed by atoms with Crippen LogP contribution >= 0.6 is 0 Å². The van der Waals surface area contributed by atoms with E-state index in [0.717, 1.165) is 12.1 Å². The third kappa shape index (κ3) is 4.48. The molecule has 0 unspecified atom stereocenters. The second-order valence-electron chi connectivity index (χ2n) is 9.41. The molecule has 0 amide bonds. The van der Waals surface area contributed by atoms with E-state index in [1.165, 1.54) is 24.3 Å². The maximum atomic E-state index is 15.4. The standard InChI is InChI=1S/C25H29F3O5S2/c1-2-13-34(29,30)14-11-18-4-3-12-25(35(31,32)19-7-5-17(15-26)6-8-19)20(18)16-33-24-22(28)10-9-21(27)23(24)25/h5-10,18,20H,2-4,11-16H2,1H3/t18-,20-,25-/m0/s1. The molecule has 0 aromatic heterocycles. The van der Waals surface area contributed by atoms with Crippen LogP contribution in [0.1, 0.15) is 50.2 Å². The Bertz CT molecular complexity index is 1290. The molecule has 2 aliphatic rings. The van der Waals surface area contributed by atoms with Gasteiger partial charge >= 0.3 is 0 Å². The van der Waals surface area contributed by atoms with Gasteiger partial charge in [0.25, 0.3) is 0 Å². The topological polar surface area (TPSA) is 77.5 Å². The Balaban J connectivity index is 1.87. The number of halogens is 3. The van der Waals surface area contributed by atoms with Gasteiger partial charge in [0.15, 0.2) is 21.4 Å². The molecule has 5 nitrogen and oxygen atoms in total. The van der Waals surface area contributed by atoms with Gasteiger partial charge in [0.2, 0.25) is 0 Å². The molecule has 35 heavy (non-hydrogen) atoms. The van der Waals surface area contributed by atoms with Gasteiger partial charge in [-0.3, -0.25) is 0 Å². The van der Waals surface area contributed by atoms with Crippen molar-refractivity contribution in [2.24, 2.45) is 11.8 Å². The highest BCUT2D eigenvalue weighted by molar-refractivity contribution is 7.92. The Morgan fingerprint density at radius 2 is 1.69 bits per heavy atom. The van der Waals surface area contributed by atoms with Gasteiger partial charge in [-0.05, 0) is 61.4 Å². The first-order chi connectivity index (χ1) is 16.6. The summed E-state index contributed by atoms with van der Waals surface area (Å²) in [5.74, 6) is -3.38. The molecule has 1 aliphatic heterocycles. The van der Waals surface area contributed by atoms with Gasteiger partial charge in [0.1, 0.15) is 27.1 Å². The molecule has 4 rings (SSSR count). The van der Waals surface area contributed by atoms with Crippen LogP contribution in [0.5, 0.6) is 5.75 Å². The highest BCUT2D eigenvalue weighted by atomic mass is 32.2. The average molecular weight is 531 g/mol. The minimum atomic E-state index is -4.32. The Morgan fingerprint density at radius 3 is 2.34 bits per heavy atom. The summed E-state index contributed by atoms with van der Waals surface area (Å²) < 4.78 is 100. The molecule has 1 aliphatic carbocycles. The van der Waals surface area contributed by atoms with Gasteiger partial charge in [-0.15, -0.1) is 0 Å². The predicted octanol–water partition coefficient (Wildman–Crippen LogP) is 5.13. The summed E-state index contributed by atoms with van der Waals surface area (Å²) in [4.78, 5) is -0.115. The first-order valence-corrected chi connectivity index (χ1v) is 15.1. The molecule has 10 heteroatoms. The summed E-state index contributed by atoms with van der Waals surface area (Å²) in [5, 5.41) is 0. The zero-order valence-electron chi connectivity index (χ0n) is 19.5. The van der Waals surface area contributed by atoms with Crippen molar-refractivity contribution in [1.82, 2.24) is 0 Å². The number of ether oxygens (including phenoxy) is 1. The van der Waals surface area contributed by atoms with Gasteiger partial charge in [0.05, 0.1) is 22.8 Å². The molecular weight excluding hydrogens is 501 g/mol. The lowest BCUT2D eigenvalue weighted by Gasteiger charge is -2.50. The van der Waals surface area contributed by atoms with Crippen LogP contribution in [0, 0.1) is 23.5 Å². The fourth-order valence-electron chi connectivity index (χ4n) is 5.74. The molecule has 1 fully saturated rings. The van der Waals surface area contributed by atoms with Gasteiger partial charge < -0.3 is 4.74 Å². The highest BCUT2D eigenvalue weighted by Gasteiger charge is 2.60. The second kappa shape index (κ2) is 9.76. The Morgan fingerprint density at radius 1 is 1.00 bits per heavy atom. The van der Waals surface area contributed by atoms with Crippen molar-refractivity contribution in [1.29, 1.82) is 0 Å². The molecule has 2 aromatic carbocycles. The van der Waals surface area contributed by atoms with Crippen LogP contribution in [-0.2, 0) is 31.1 Å². The highest BCUT2D eigenvalue weighted by Crippen LogP contribution is 2.58. The molecule has 0 saturated heterocycles. The summed E-state index contributed by atoms with van der Waals surface area (Å²) in [6, 6.07) is 7.10. The molecule has 192 valence electrons. The van der Waals surface area contributed by atoms with E-state index in [1.807, 2.05) is 0 Å². The first kappa shape index (κ1) is 26.0. The molecule has 0 N–H and O–H groups in total. The number of alkyl halides is 1. The normalized spacial score (nSPS) is 24.3. The smallest absolute Gasteiger partial charge is 0.188 e. The number of sulfone groups is 2. The lowest BCUT2D eigenvalue weighted by molar-refractivity contribution is 0.0735. The number of rotatable bonds is 8. The molecule has 0 spiro atoms. The molecule has 1 saturated carbocycles. The minimum Gasteiger partial charge on any atom is -0.490 e. The summed E-state index contributed by atoms with van der Waals surface area (Å²) in [5.41, 5.74) is -0.0327. The summed E-state index contributed by atoms with van der Waals surface area (Å²) >= 11 is 0. The van der Waals surface area contributed by atoms with Crippen LogP contribution in [0.15, 0.2) is 41.3 Å². The van der Waals surface area contributed by atoms with Crippen LogP contribution in [0.25, 0.3) is 0 Å². The molecule has 1 heterocycles. The molecular formula is C25H29F3O5S2. The molecule has 2 aromatic rings. The van der Waals surface area contributed by atoms with Crippen molar-refractivity contribution >= 4 is 19.7 Å². The third-order valence-corrected chi connectivity index (χ3v) is 11.8. The number of fused-ring (bicyclic) bond motifs is 3. The van der Waals surface area contributed by atoms with Crippen LogP contribution in [0.4, 0.5) is 13.2 Å². The maximum Gasteiger partial charge on any atom is 0.188 e. The number of hydrogen-bond donors (Lipinski definition) is 0. The van der Waals surface area contributed by atoms with Crippen LogP contribution in [0.3, 0.4) is 0 Å². The molecule has 3 atom stereocenters. The van der Waals surface area contributed by atoms with E-state index in [-0.39, 0.29) is 47.3 Å². The van der Waals surface area contributed by atoms with Crippen molar-refractivity contribution in [2.45, 2.75) is 55.3 Å². The van der Waals surface area contributed by atoms with Crippen molar-refractivity contribution in [3.05, 3.63) is 59.2 Å². The average Bonchev–Trinajstić information content (AvgIpc) is 2.84. The van der Waals surface area contributed by atoms with E-state index < -0.39 is 54.4 Å². The summed E-state index contributed by atoms with van der Waals surface area (Å²) in [6.07, 6.45) is 1.68. The van der Waals surface area contributed by atoms with E-state index in [2.05, 4.69) is 0 Å². The number of benzene rings is 2. The predicted molar refractivity (Wildman–Crippen MR) is 126 cm³/mol. The van der Waals surface area contributed by atoms with Crippen molar-refractivity contribution in [3.63, 3.8) is 0 Å². The van der Waals surface area contributed by atoms with E-state index in [9.17, 15) is 25.6 Å². The van der Waals surface area contributed by atoms with E-state index >= 15 is 4.39 Å². The maximum absolute atomic E-state index is 15.4. The van der Waals surface area contributed by atoms with Gasteiger partial charge in [-0.1, -0.05) is 25.5 Å². The summed E-state index contributed by atoms with van der Waals surface area (Å²) in [7, 11) is -7.64. The minimum absolute atomic E-state index is 0.0356.